The first-order valence-corrected chi connectivity index (χ1v) is 5.11. The second-order valence-corrected chi connectivity index (χ2v) is 3.15. The number of aliphatic carboxylic acids is 1. The third-order valence-electron chi connectivity index (χ3n) is 1.31. The number of amides is 1. The zero-order chi connectivity index (χ0) is 13.8. The minimum atomic E-state index is -1.12. The number of likely N-dealkylation sites (N-methyl/N-ethyl adjacent to an activating group) is 1. The molecule has 0 aromatic carbocycles. The Balaban J connectivity index is 0. The van der Waals surface area contributed by atoms with E-state index in [4.69, 9.17) is 5.11 Å². The number of rotatable bonds is 4. The van der Waals surface area contributed by atoms with Crippen LogP contribution in [0.5, 0.6) is 0 Å². The van der Waals surface area contributed by atoms with Gasteiger partial charge < -0.3 is 14.7 Å². The first kappa shape index (κ1) is 17.5. The highest BCUT2D eigenvalue weighted by atomic mass is 16.5. The van der Waals surface area contributed by atoms with Crippen LogP contribution in [0.3, 0.4) is 0 Å². The Hall–Kier alpha value is -1.85. The molecule has 0 saturated heterocycles. The van der Waals surface area contributed by atoms with Crippen molar-refractivity contribution < 1.29 is 24.2 Å². The summed E-state index contributed by atoms with van der Waals surface area (Å²) in [5.74, 6) is -2.35. The first-order chi connectivity index (χ1) is 7.88. The zero-order valence-electron chi connectivity index (χ0n) is 10.6. The van der Waals surface area contributed by atoms with Crippen molar-refractivity contribution in [1.29, 1.82) is 0 Å². The number of methoxy groups -OCH3 is 1. The molecule has 0 bridgehead atoms. The lowest BCUT2D eigenvalue weighted by molar-refractivity contribution is -0.141. The van der Waals surface area contributed by atoms with Crippen LogP contribution in [0, 0.1) is 0 Å². The standard InChI is InChI=1S/C8H11NO5.C3H8/c1-9(5-7(11)12)6(10)3-4-8(13)14-2;1-3-2/h3-4H,5H2,1-2H3,(H,11,12);3H2,1-2H3/b4-3+;. The summed E-state index contributed by atoms with van der Waals surface area (Å²) in [5.41, 5.74) is 0. The van der Waals surface area contributed by atoms with Gasteiger partial charge in [-0.25, -0.2) is 4.79 Å². The molecule has 0 aromatic rings. The number of nitrogens with zero attached hydrogens (tertiary/aromatic N) is 1. The topological polar surface area (TPSA) is 83.9 Å². The number of carboxylic acid groups (broad SMARTS) is 1. The Morgan fingerprint density at radius 1 is 1.24 bits per heavy atom. The van der Waals surface area contributed by atoms with Crippen molar-refractivity contribution in [3.05, 3.63) is 12.2 Å². The second kappa shape index (κ2) is 10.7. The molecule has 0 spiro atoms. The molecule has 1 N–H and O–H groups in total. The van der Waals surface area contributed by atoms with Crippen LogP contribution in [0.15, 0.2) is 12.2 Å². The predicted octanol–water partition coefficient (Wildman–Crippen LogP) is 0.675. The maximum Gasteiger partial charge on any atom is 0.330 e. The van der Waals surface area contributed by atoms with Crippen LogP contribution in [-0.2, 0) is 19.1 Å². The normalized spacial score (nSPS) is 9.18. The van der Waals surface area contributed by atoms with Crippen LogP contribution in [0.2, 0.25) is 0 Å². The number of carbonyl (C=O) groups excluding carboxylic acids is 2. The molecule has 17 heavy (non-hydrogen) atoms. The summed E-state index contributed by atoms with van der Waals surface area (Å²) in [7, 11) is 2.50. The van der Waals surface area contributed by atoms with Crippen molar-refractivity contribution >= 4 is 17.8 Å². The van der Waals surface area contributed by atoms with Crippen LogP contribution in [0.4, 0.5) is 0 Å². The van der Waals surface area contributed by atoms with Gasteiger partial charge in [0.05, 0.1) is 7.11 Å². The summed E-state index contributed by atoms with van der Waals surface area (Å²) < 4.78 is 4.25. The third kappa shape index (κ3) is 12.1. The van der Waals surface area contributed by atoms with Crippen molar-refractivity contribution in [3.8, 4) is 0 Å². The molecule has 0 fully saturated rings. The molecule has 0 saturated carbocycles. The lowest BCUT2D eigenvalue weighted by Gasteiger charge is -2.10. The van der Waals surface area contributed by atoms with Crippen molar-refractivity contribution in [2.75, 3.05) is 20.7 Å². The Labute approximate surface area is 101 Å². The van der Waals surface area contributed by atoms with E-state index in [1.807, 2.05) is 0 Å². The molecule has 1 amide bonds. The zero-order valence-corrected chi connectivity index (χ0v) is 10.6. The smallest absolute Gasteiger partial charge is 0.330 e. The molecule has 0 unspecified atom stereocenters. The van der Waals surface area contributed by atoms with E-state index in [2.05, 4.69) is 18.6 Å². The molecule has 0 rings (SSSR count). The van der Waals surface area contributed by atoms with Crippen LogP contribution < -0.4 is 0 Å². The van der Waals surface area contributed by atoms with E-state index >= 15 is 0 Å². The molecular weight excluding hydrogens is 226 g/mol. The number of hydrogen-bond acceptors (Lipinski definition) is 4. The molecule has 0 heterocycles. The quantitative estimate of drug-likeness (QED) is 0.581. The van der Waals surface area contributed by atoms with E-state index < -0.39 is 24.4 Å². The summed E-state index contributed by atoms with van der Waals surface area (Å²) in [6, 6.07) is 0. The van der Waals surface area contributed by atoms with Crippen LogP contribution >= 0.6 is 0 Å². The summed E-state index contributed by atoms with van der Waals surface area (Å²) in [4.78, 5) is 32.8. The predicted molar refractivity (Wildman–Crippen MR) is 62.4 cm³/mol. The number of esters is 1. The average molecular weight is 245 g/mol. The van der Waals surface area contributed by atoms with Gasteiger partial charge in [0.25, 0.3) is 0 Å². The Morgan fingerprint density at radius 3 is 2.06 bits per heavy atom. The summed E-state index contributed by atoms with van der Waals surface area (Å²) in [6.45, 7) is 3.84. The number of ether oxygens (including phenoxy) is 1. The highest BCUT2D eigenvalue weighted by molar-refractivity contribution is 5.95. The van der Waals surface area contributed by atoms with Crippen molar-refractivity contribution in [2.45, 2.75) is 20.3 Å². The monoisotopic (exact) mass is 245 g/mol. The summed E-state index contributed by atoms with van der Waals surface area (Å²) in [6.07, 6.45) is 3.13. The highest BCUT2D eigenvalue weighted by Gasteiger charge is 2.08. The maximum atomic E-state index is 11.1. The van der Waals surface area contributed by atoms with Crippen molar-refractivity contribution in [3.63, 3.8) is 0 Å². The van der Waals surface area contributed by atoms with Gasteiger partial charge in [-0.15, -0.1) is 0 Å². The lowest BCUT2D eigenvalue weighted by Crippen LogP contribution is -2.30. The number of carbonyl (C=O) groups is 3. The van der Waals surface area contributed by atoms with Crippen LogP contribution in [-0.4, -0.2) is 48.6 Å². The van der Waals surface area contributed by atoms with Gasteiger partial charge in [0.1, 0.15) is 6.54 Å². The molecule has 0 atom stereocenters. The maximum absolute atomic E-state index is 11.1. The third-order valence-corrected chi connectivity index (χ3v) is 1.31. The molecular formula is C11H19NO5. The molecule has 0 aliphatic rings. The van der Waals surface area contributed by atoms with Gasteiger partial charge >= 0.3 is 11.9 Å². The summed E-state index contributed by atoms with van der Waals surface area (Å²) in [5, 5.41) is 8.35. The highest BCUT2D eigenvalue weighted by Crippen LogP contribution is 1.87. The van der Waals surface area contributed by atoms with Crippen LogP contribution in [0.25, 0.3) is 0 Å². The minimum absolute atomic E-state index is 0.412. The molecule has 6 heteroatoms. The summed E-state index contributed by atoms with van der Waals surface area (Å²) >= 11 is 0. The number of hydrogen-bond donors (Lipinski definition) is 1. The lowest BCUT2D eigenvalue weighted by atomic mass is 10.4. The largest absolute Gasteiger partial charge is 0.480 e. The van der Waals surface area contributed by atoms with E-state index in [0.29, 0.717) is 0 Å². The van der Waals surface area contributed by atoms with Gasteiger partial charge in [-0.2, -0.15) is 0 Å². The fourth-order valence-electron chi connectivity index (χ4n) is 0.615. The van der Waals surface area contributed by atoms with E-state index in [1.54, 1.807) is 0 Å². The van der Waals surface area contributed by atoms with E-state index in [1.165, 1.54) is 20.6 Å². The Bertz CT molecular complexity index is 286. The molecule has 0 aromatic heterocycles. The van der Waals surface area contributed by atoms with E-state index in [-0.39, 0.29) is 0 Å². The fourth-order valence-corrected chi connectivity index (χ4v) is 0.615. The van der Waals surface area contributed by atoms with Crippen molar-refractivity contribution in [1.82, 2.24) is 4.90 Å². The van der Waals surface area contributed by atoms with Gasteiger partial charge in [-0.1, -0.05) is 20.3 Å². The molecule has 6 nitrogen and oxygen atoms in total. The van der Waals surface area contributed by atoms with Gasteiger partial charge in [0.2, 0.25) is 5.91 Å². The number of carboxylic acids is 1. The second-order valence-electron chi connectivity index (χ2n) is 3.15. The Kier molecular flexibility index (Phi) is 11.0. The van der Waals surface area contributed by atoms with Gasteiger partial charge in [0.15, 0.2) is 0 Å². The van der Waals surface area contributed by atoms with Crippen molar-refractivity contribution in [2.24, 2.45) is 0 Å². The first-order valence-electron chi connectivity index (χ1n) is 5.11. The molecule has 0 aliphatic heterocycles. The van der Waals surface area contributed by atoms with Crippen LogP contribution in [0.1, 0.15) is 20.3 Å². The Morgan fingerprint density at radius 2 is 1.71 bits per heavy atom. The molecule has 98 valence electrons. The van der Waals surface area contributed by atoms with Gasteiger partial charge in [-0.05, 0) is 0 Å². The SMILES string of the molecule is CCC.COC(=O)/C=C/C(=O)N(C)CC(=O)O. The van der Waals surface area contributed by atoms with E-state index in [0.717, 1.165) is 17.1 Å². The minimum Gasteiger partial charge on any atom is -0.480 e. The van der Waals surface area contributed by atoms with E-state index in [9.17, 15) is 14.4 Å². The average Bonchev–Trinajstić information content (AvgIpc) is 2.25. The molecule has 0 radical (unpaired) electrons. The molecule has 0 aliphatic carbocycles. The van der Waals surface area contributed by atoms with Gasteiger partial charge in [-0.3, -0.25) is 9.59 Å². The fraction of sp³-hybridized carbons (Fsp3) is 0.545. The van der Waals surface area contributed by atoms with Gasteiger partial charge in [0, 0.05) is 19.2 Å².